The van der Waals surface area contributed by atoms with Crippen molar-refractivity contribution in [3.8, 4) is 5.75 Å². The number of morpholine rings is 1. The molecule has 186 valence electrons. The van der Waals surface area contributed by atoms with Crippen molar-refractivity contribution in [3.05, 3.63) is 77.4 Å². The fourth-order valence-corrected chi connectivity index (χ4v) is 7.46. The molecule has 10 heteroatoms. The summed E-state index contributed by atoms with van der Waals surface area (Å²) in [6, 6.07) is 16.7. The summed E-state index contributed by atoms with van der Waals surface area (Å²) in [7, 11) is -3.57. The van der Waals surface area contributed by atoms with Crippen LogP contribution >= 0.6 is 11.3 Å². The number of hydrogen-bond acceptors (Lipinski definition) is 7. The van der Waals surface area contributed by atoms with Crippen LogP contribution in [0.25, 0.3) is 0 Å². The highest BCUT2D eigenvalue weighted by molar-refractivity contribution is 7.91. The van der Waals surface area contributed by atoms with E-state index >= 15 is 0 Å². The highest BCUT2D eigenvalue weighted by Crippen LogP contribution is 2.30. The molecular formula is C25H28FN3O4S2. The minimum atomic E-state index is -3.57. The lowest BCUT2D eigenvalue weighted by atomic mass is 10.0. The molecule has 0 amide bonds. The summed E-state index contributed by atoms with van der Waals surface area (Å²) < 4.78 is 47.8. The number of phenols is 1. The van der Waals surface area contributed by atoms with Crippen LogP contribution in [0.5, 0.6) is 5.75 Å². The summed E-state index contributed by atoms with van der Waals surface area (Å²) >= 11 is 1.23. The van der Waals surface area contributed by atoms with Gasteiger partial charge in [-0.2, -0.15) is 4.31 Å². The van der Waals surface area contributed by atoms with Gasteiger partial charge in [-0.25, -0.2) is 12.8 Å². The quantitative estimate of drug-likeness (QED) is 0.539. The van der Waals surface area contributed by atoms with Crippen LogP contribution in [0.3, 0.4) is 0 Å². The molecule has 0 spiro atoms. The van der Waals surface area contributed by atoms with E-state index in [1.807, 2.05) is 12.1 Å². The van der Waals surface area contributed by atoms with Crippen molar-refractivity contribution in [3.63, 3.8) is 0 Å². The monoisotopic (exact) mass is 517 g/mol. The summed E-state index contributed by atoms with van der Waals surface area (Å²) in [4.78, 5) is 4.52. The normalized spacial score (nSPS) is 22.4. The van der Waals surface area contributed by atoms with Crippen molar-refractivity contribution >= 4 is 27.0 Å². The number of rotatable bonds is 6. The van der Waals surface area contributed by atoms with E-state index in [2.05, 4.69) is 9.80 Å². The van der Waals surface area contributed by atoms with E-state index in [-0.39, 0.29) is 23.7 Å². The lowest BCUT2D eigenvalue weighted by Gasteiger charge is -2.46. The maximum atomic E-state index is 13.5. The molecule has 2 atom stereocenters. The Morgan fingerprint density at radius 3 is 2.51 bits per heavy atom. The van der Waals surface area contributed by atoms with Gasteiger partial charge in [0.15, 0.2) is 0 Å². The molecule has 2 aliphatic heterocycles. The van der Waals surface area contributed by atoms with Crippen LogP contribution in [0.1, 0.15) is 11.6 Å². The smallest absolute Gasteiger partial charge is 0.252 e. The first-order chi connectivity index (χ1) is 16.9. The van der Waals surface area contributed by atoms with Gasteiger partial charge < -0.3 is 14.7 Å². The number of sulfonamides is 1. The molecule has 2 saturated heterocycles. The largest absolute Gasteiger partial charge is 0.508 e. The van der Waals surface area contributed by atoms with Gasteiger partial charge in [-0.1, -0.05) is 18.2 Å². The topological polar surface area (TPSA) is 73.3 Å². The van der Waals surface area contributed by atoms with Crippen LogP contribution in [0, 0.1) is 5.82 Å². The van der Waals surface area contributed by atoms with Crippen molar-refractivity contribution in [2.45, 2.75) is 16.3 Å². The Labute approximate surface area is 209 Å². The second-order valence-corrected chi connectivity index (χ2v) is 11.9. The predicted octanol–water partition coefficient (Wildman–Crippen LogP) is 3.55. The molecule has 5 rings (SSSR count). The first-order valence-electron chi connectivity index (χ1n) is 11.6. The number of anilines is 1. The molecule has 2 fully saturated rings. The molecule has 7 nitrogen and oxygen atoms in total. The maximum Gasteiger partial charge on any atom is 0.252 e. The van der Waals surface area contributed by atoms with E-state index in [9.17, 15) is 17.9 Å². The number of thiophene rings is 1. The molecule has 0 radical (unpaired) electrons. The van der Waals surface area contributed by atoms with Crippen molar-refractivity contribution in [2.75, 3.05) is 50.8 Å². The van der Waals surface area contributed by atoms with Gasteiger partial charge in [-0.05, 0) is 53.4 Å². The molecule has 0 saturated carbocycles. The average Bonchev–Trinajstić information content (AvgIpc) is 3.42. The van der Waals surface area contributed by atoms with E-state index in [1.165, 1.54) is 23.5 Å². The predicted molar refractivity (Wildman–Crippen MR) is 134 cm³/mol. The van der Waals surface area contributed by atoms with Gasteiger partial charge in [0.25, 0.3) is 10.0 Å². The standard InChI is InChI=1S/C25H28FN3O4S2/c26-20-5-3-19(4-6-20)24-18-33-14-13-27(24)16-22-17-28(35(31,32)25-2-1-15-34-25)11-12-29(22)21-7-9-23(30)10-8-21/h1-10,15,22,24,30H,11-14,16-18H2/t22-,24-/m0/s1. The second-order valence-electron chi connectivity index (χ2n) is 8.80. The zero-order chi connectivity index (χ0) is 24.4. The number of hydrogen-bond donors (Lipinski definition) is 1. The molecule has 1 N–H and O–H groups in total. The third-order valence-corrected chi connectivity index (χ3v) is 9.89. The zero-order valence-corrected chi connectivity index (χ0v) is 20.8. The van der Waals surface area contributed by atoms with Gasteiger partial charge in [0.1, 0.15) is 15.8 Å². The van der Waals surface area contributed by atoms with Crippen molar-refractivity contribution in [1.82, 2.24) is 9.21 Å². The third-order valence-electron chi connectivity index (χ3n) is 6.66. The van der Waals surface area contributed by atoms with E-state index in [4.69, 9.17) is 4.74 Å². The van der Waals surface area contributed by atoms with Crippen LogP contribution in [-0.2, 0) is 14.8 Å². The van der Waals surface area contributed by atoms with Crippen molar-refractivity contribution < 1.29 is 22.7 Å². The lowest BCUT2D eigenvalue weighted by Crippen LogP contribution is -2.59. The number of halogens is 1. The molecule has 1 aromatic heterocycles. The fourth-order valence-electron chi connectivity index (χ4n) is 4.84. The van der Waals surface area contributed by atoms with E-state index in [0.29, 0.717) is 50.1 Å². The van der Waals surface area contributed by atoms with Crippen LogP contribution < -0.4 is 4.90 Å². The van der Waals surface area contributed by atoms with Gasteiger partial charge in [-0.3, -0.25) is 4.90 Å². The Hall–Kier alpha value is -2.50. The van der Waals surface area contributed by atoms with Gasteiger partial charge in [-0.15, -0.1) is 11.3 Å². The summed E-state index contributed by atoms with van der Waals surface area (Å²) in [5.41, 5.74) is 1.91. The van der Waals surface area contributed by atoms with Gasteiger partial charge in [0.05, 0.1) is 25.3 Å². The number of ether oxygens (including phenoxy) is 1. The second kappa shape index (κ2) is 10.2. The Balaban J connectivity index is 1.43. The Kier molecular flexibility index (Phi) is 7.08. The van der Waals surface area contributed by atoms with Crippen LogP contribution in [0.4, 0.5) is 10.1 Å². The van der Waals surface area contributed by atoms with Crippen LogP contribution in [0.15, 0.2) is 70.3 Å². The number of benzene rings is 2. The molecule has 0 aliphatic carbocycles. The summed E-state index contributed by atoms with van der Waals surface area (Å²) in [5, 5.41) is 11.5. The van der Waals surface area contributed by atoms with Gasteiger partial charge >= 0.3 is 0 Å². The molecule has 2 aliphatic rings. The fraction of sp³-hybridized carbons (Fsp3) is 0.360. The first kappa shape index (κ1) is 24.2. The Morgan fingerprint density at radius 1 is 1.03 bits per heavy atom. The van der Waals surface area contributed by atoms with Crippen LogP contribution in [-0.4, -0.2) is 74.7 Å². The minimum Gasteiger partial charge on any atom is -0.508 e. The van der Waals surface area contributed by atoms with Gasteiger partial charge in [0.2, 0.25) is 0 Å². The first-order valence-corrected chi connectivity index (χ1v) is 13.9. The number of piperazine rings is 1. The lowest BCUT2D eigenvalue weighted by molar-refractivity contribution is -0.0126. The summed E-state index contributed by atoms with van der Waals surface area (Å²) in [6.07, 6.45) is 0. The molecule has 2 aromatic carbocycles. The van der Waals surface area contributed by atoms with Crippen LogP contribution in [0.2, 0.25) is 0 Å². The third kappa shape index (κ3) is 5.22. The molecule has 0 unspecified atom stereocenters. The van der Waals surface area contributed by atoms with Crippen molar-refractivity contribution in [2.24, 2.45) is 0 Å². The Bertz CT molecular complexity index is 1220. The van der Waals surface area contributed by atoms with Gasteiger partial charge in [0, 0.05) is 38.4 Å². The number of nitrogens with zero attached hydrogens (tertiary/aromatic N) is 3. The van der Waals surface area contributed by atoms with E-state index in [0.717, 1.165) is 11.3 Å². The molecular weight excluding hydrogens is 489 g/mol. The minimum absolute atomic E-state index is 0.0460. The highest BCUT2D eigenvalue weighted by Gasteiger charge is 2.37. The summed E-state index contributed by atoms with van der Waals surface area (Å²) in [5.74, 6) is -0.0917. The highest BCUT2D eigenvalue weighted by atomic mass is 32.2. The Morgan fingerprint density at radius 2 is 1.80 bits per heavy atom. The zero-order valence-electron chi connectivity index (χ0n) is 19.2. The van der Waals surface area contributed by atoms with Crippen molar-refractivity contribution in [1.29, 1.82) is 0 Å². The molecule has 3 heterocycles. The summed E-state index contributed by atoms with van der Waals surface area (Å²) in [6.45, 7) is 3.64. The molecule has 35 heavy (non-hydrogen) atoms. The molecule has 3 aromatic rings. The maximum absolute atomic E-state index is 13.5. The average molecular weight is 518 g/mol. The SMILES string of the molecule is O=S(=O)(c1cccs1)N1CCN(c2ccc(O)cc2)[C@@H](CN2CCOC[C@H]2c2ccc(F)cc2)C1. The number of phenolic OH excluding ortho intramolecular Hbond substituents is 1. The van der Waals surface area contributed by atoms with E-state index in [1.54, 1.807) is 46.1 Å². The molecule has 0 bridgehead atoms. The van der Waals surface area contributed by atoms with E-state index < -0.39 is 10.0 Å². The number of aromatic hydroxyl groups is 1.